The molecule has 2 heterocycles. The molecule has 1 aliphatic heterocycles. The average molecular weight is 783 g/mol. The second-order valence-corrected chi connectivity index (χ2v) is 16.4. The molecule has 53 heavy (non-hydrogen) atoms. The van der Waals surface area contributed by atoms with Crippen LogP contribution in [0.2, 0.25) is 0 Å². The van der Waals surface area contributed by atoms with Crippen molar-refractivity contribution in [3.05, 3.63) is 60.2 Å². The van der Waals surface area contributed by atoms with Gasteiger partial charge in [0.05, 0.1) is 12.1 Å². The van der Waals surface area contributed by atoms with Crippen LogP contribution in [-0.4, -0.2) is 116 Å². The van der Waals surface area contributed by atoms with Crippen molar-refractivity contribution in [2.45, 2.75) is 82.7 Å². The first-order chi connectivity index (χ1) is 25.3. The van der Waals surface area contributed by atoms with E-state index < -0.39 is 52.6 Å². The molecule has 20 heteroatoms. The summed E-state index contributed by atoms with van der Waals surface area (Å²) in [5, 5.41) is 7.81. The second kappa shape index (κ2) is 23.7. The monoisotopic (exact) mass is 782 g/mol. The molecule has 0 saturated carbocycles. The highest BCUT2D eigenvalue weighted by Gasteiger charge is 2.38. The van der Waals surface area contributed by atoms with Crippen LogP contribution in [0, 0.1) is 5.92 Å². The van der Waals surface area contributed by atoms with Crippen LogP contribution in [0.15, 0.2) is 48.9 Å². The molecule has 0 bridgehead atoms. The van der Waals surface area contributed by atoms with Gasteiger partial charge in [-0.1, -0.05) is 44.2 Å². The predicted molar refractivity (Wildman–Crippen MR) is 198 cm³/mol. The molecule has 3 amide bonds. The van der Waals surface area contributed by atoms with E-state index in [1.165, 1.54) is 18.6 Å². The molecule has 1 unspecified atom stereocenters. The summed E-state index contributed by atoms with van der Waals surface area (Å²) in [6, 6.07) is 8.55. The normalized spacial score (nSPS) is 17.3. The van der Waals surface area contributed by atoms with Crippen LogP contribution in [0.5, 0.6) is 0 Å². The van der Waals surface area contributed by atoms with Crippen molar-refractivity contribution in [1.29, 1.82) is 0 Å². The van der Waals surface area contributed by atoms with Gasteiger partial charge in [-0.15, -0.1) is 0 Å². The lowest BCUT2D eigenvalue weighted by atomic mass is 9.73. The number of carbonyl (C=O) groups excluding carboxylic acids is 3. The molecular weight excluding hydrogens is 729 g/mol. The highest BCUT2D eigenvalue weighted by atomic mass is 31.2. The van der Waals surface area contributed by atoms with Gasteiger partial charge in [-0.25, -0.2) is 9.78 Å². The van der Waals surface area contributed by atoms with Gasteiger partial charge in [0.1, 0.15) is 18.3 Å². The first-order valence-corrected chi connectivity index (χ1v) is 20.9. The van der Waals surface area contributed by atoms with Gasteiger partial charge in [0.25, 0.3) is 5.91 Å². The molecule has 294 valence electrons. The molecule has 3 rings (SSSR count). The fraction of sp³-hybridized carbons (Fsp3) is 0.606. The van der Waals surface area contributed by atoms with Crippen molar-refractivity contribution >= 4 is 41.0 Å². The molecular formula is C33H53BN6O11P2. The minimum Gasteiger partial charge on any atom is -0.448 e. The summed E-state index contributed by atoms with van der Waals surface area (Å²) in [5.41, 5.74) is -1.14. The number of nitrogens with zero attached hydrogens (tertiary/aromatic N) is 3. The highest BCUT2D eigenvalue weighted by Crippen LogP contribution is 2.53. The van der Waals surface area contributed by atoms with Crippen LogP contribution in [-0.2, 0) is 29.8 Å². The second-order valence-electron chi connectivity index (χ2n) is 13.2. The summed E-state index contributed by atoms with van der Waals surface area (Å²) in [5.74, 6) is -1.14. The molecule has 17 nitrogen and oxygen atoms in total. The van der Waals surface area contributed by atoms with E-state index in [0.29, 0.717) is 26.2 Å². The zero-order chi connectivity index (χ0) is 38.6. The maximum atomic E-state index is 13.9. The van der Waals surface area contributed by atoms with Gasteiger partial charge in [-0.3, -0.25) is 29.4 Å². The number of amides is 3. The van der Waals surface area contributed by atoms with Gasteiger partial charge in [0.15, 0.2) is 0 Å². The number of ether oxygens (including phenoxy) is 1. The van der Waals surface area contributed by atoms with Crippen molar-refractivity contribution in [2.24, 2.45) is 5.92 Å². The highest BCUT2D eigenvalue weighted by molar-refractivity contribution is 7.67. The average Bonchev–Trinajstić information content (AvgIpc) is 3.11. The predicted octanol–water partition coefficient (Wildman–Crippen LogP) is 2.55. The lowest BCUT2D eigenvalue weighted by Gasteiger charge is -2.29. The Morgan fingerprint density at radius 2 is 1.62 bits per heavy atom. The zero-order valence-electron chi connectivity index (χ0n) is 30.3. The molecule has 0 spiro atoms. The van der Waals surface area contributed by atoms with Crippen molar-refractivity contribution < 1.29 is 52.6 Å². The van der Waals surface area contributed by atoms with Gasteiger partial charge in [0.2, 0.25) is 19.8 Å². The Kier molecular flexibility index (Phi) is 19.8. The van der Waals surface area contributed by atoms with Crippen LogP contribution < -0.4 is 16.0 Å². The van der Waals surface area contributed by atoms with E-state index in [1.54, 1.807) is 0 Å². The Hall–Kier alpha value is -3.05. The van der Waals surface area contributed by atoms with E-state index in [4.69, 9.17) is 14.0 Å². The molecule has 0 radical (unpaired) electrons. The smallest absolute Gasteiger partial charge is 0.448 e. The zero-order valence-corrected chi connectivity index (χ0v) is 32.1. The van der Waals surface area contributed by atoms with Gasteiger partial charge < -0.3 is 44.3 Å². The fourth-order valence-electron chi connectivity index (χ4n) is 5.67. The topological polar surface area (TPSA) is 242 Å². The largest absolute Gasteiger partial charge is 0.480 e. The lowest BCUT2D eigenvalue weighted by molar-refractivity contribution is -0.123. The Morgan fingerprint density at radius 1 is 0.962 bits per heavy atom. The van der Waals surface area contributed by atoms with E-state index in [0.717, 1.165) is 57.2 Å². The van der Waals surface area contributed by atoms with Gasteiger partial charge in [-0.2, -0.15) is 0 Å². The van der Waals surface area contributed by atoms with Crippen LogP contribution in [0.1, 0.15) is 74.8 Å². The number of rotatable bonds is 15. The molecule has 1 aromatic carbocycles. The minimum atomic E-state index is -4.98. The SMILES string of the molecule is CC(C)C[C@@H](NC(=O)[C@@H](Cc1ccccc1)NC(=O)c1cnccn1)B1OCCCCCN(CCOC(=O)NC(P(O)O)P(=O)(O)O)CCCCCO1. The van der Waals surface area contributed by atoms with Crippen LogP contribution >= 0.6 is 16.0 Å². The van der Waals surface area contributed by atoms with Crippen molar-refractivity contribution in [3.8, 4) is 0 Å². The first-order valence-electron chi connectivity index (χ1n) is 17.9. The van der Waals surface area contributed by atoms with E-state index in [2.05, 4.69) is 39.3 Å². The van der Waals surface area contributed by atoms with Crippen molar-refractivity contribution in [3.63, 3.8) is 0 Å². The fourth-order valence-corrected chi connectivity index (χ4v) is 7.24. The molecule has 0 aliphatic carbocycles. The maximum absolute atomic E-state index is 13.9. The van der Waals surface area contributed by atoms with Gasteiger partial charge in [0, 0.05) is 38.6 Å². The quantitative estimate of drug-likeness (QED) is 0.102. The molecule has 1 saturated heterocycles. The molecule has 3 atom stereocenters. The van der Waals surface area contributed by atoms with E-state index >= 15 is 0 Å². The lowest BCUT2D eigenvalue weighted by Crippen LogP contribution is -2.56. The molecule has 2 aromatic rings. The number of hydrogen-bond donors (Lipinski definition) is 7. The number of alkyl carbamates (subject to hydrolysis) is 1. The number of aromatic nitrogens is 2. The molecule has 7 N–H and O–H groups in total. The number of hydrogen-bond acceptors (Lipinski definition) is 12. The maximum Gasteiger partial charge on any atom is 0.480 e. The Bertz CT molecular complexity index is 1410. The van der Waals surface area contributed by atoms with Crippen LogP contribution in [0.3, 0.4) is 0 Å². The molecule has 1 aromatic heterocycles. The Morgan fingerprint density at radius 3 is 2.19 bits per heavy atom. The van der Waals surface area contributed by atoms with E-state index in [9.17, 15) is 38.5 Å². The van der Waals surface area contributed by atoms with Gasteiger partial charge in [-0.05, 0) is 69.5 Å². The minimum absolute atomic E-state index is 0.0540. The first kappa shape index (κ1) is 44.4. The van der Waals surface area contributed by atoms with E-state index in [-0.39, 0.29) is 30.5 Å². The molecule has 1 fully saturated rings. The Labute approximate surface area is 312 Å². The van der Waals surface area contributed by atoms with Crippen LogP contribution in [0.25, 0.3) is 0 Å². The van der Waals surface area contributed by atoms with Crippen molar-refractivity contribution in [2.75, 3.05) is 39.5 Å². The Balaban J connectivity index is 1.58. The summed E-state index contributed by atoms with van der Waals surface area (Å²) in [6.07, 6.45) is 8.73. The number of nitrogens with one attached hydrogen (secondary N) is 3. The molecule has 1 aliphatic rings. The summed E-state index contributed by atoms with van der Waals surface area (Å²) in [6.45, 7) is 6.69. The summed E-state index contributed by atoms with van der Waals surface area (Å²) in [7, 11) is -8.79. The summed E-state index contributed by atoms with van der Waals surface area (Å²) in [4.78, 5) is 86.1. The summed E-state index contributed by atoms with van der Waals surface area (Å²) >= 11 is 0. The van der Waals surface area contributed by atoms with Gasteiger partial charge >= 0.3 is 20.8 Å². The summed E-state index contributed by atoms with van der Waals surface area (Å²) < 4.78 is 29.0. The standard InChI is InChI=1S/C33H53BN6O11P2/c1-25(2)22-29(38-30(41)27(23-26-12-6-3-7-13-26)37-31(42)28-24-35-14-15-36-28)34-50-19-10-4-8-16-40(17-9-5-11-20-51-34)18-21-49-32(43)39-33(52(44)45)53(46,47)48/h3,6-7,12-15,24-25,27,29,33,44-45H,4-5,8-11,16-23H2,1-2H3,(H,37,42)(H,38,41)(H,39,43)(H2,46,47,48)/t27-,29-,33?/m1/s1. The number of carbonyl (C=O) groups is 3. The van der Waals surface area contributed by atoms with Crippen molar-refractivity contribution in [1.82, 2.24) is 30.8 Å². The third-order valence-electron chi connectivity index (χ3n) is 8.31. The number of benzene rings is 1. The van der Waals surface area contributed by atoms with Crippen LogP contribution in [0.4, 0.5) is 4.79 Å². The third-order valence-corrected chi connectivity index (χ3v) is 11.2. The third kappa shape index (κ3) is 17.3. The van der Waals surface area contributed by atoms with E-state index in [1.807, 2.05) is 35.6 Å².